The van der Waals surface area contributed by atoms with Gasteiger partial charge in [-0.2, -0.15) is 0 Å². The van der Waals surface area contributed by atoms with Gasteiger partial charge in [-0.05, 0) is 18.1 Å². The second-order valence-electron chi connectivity index (χ2n) is 5.96. The van der Waals surface area contributed by atoms with Crippen LogP contribution in [0.25, 0.3) is 0 Å². The third-order valence-electron chi connectivity index (χ3n) is 4.07. The van der Waals surface area contributed by atoms with Gasteiger partial charge in [-0.3, -0.25) is 14.3 Å². The summed E-state index contributed by atoms with van der Waals surface area (Å²) < 4.78 is 7.11. The van der Waals surface area contributed by atoms with E-state index >= 15 is 0 Å². The molecule has 0 saturated carbocycles. The number of nitrogens with zero attached hydrogens (tertiary/aromatic N) is 1. The van der Waals surface area contributed by atoms with E-state index in [-0.39, 0.29) is 12.8 Å². The van der Waals surface area contributed by atoms with E-state index in [0.717, 1.165) is 11.1 Å². The number of aromatic nitrogens is 2. The third kappa shape index (κ3) is 4.49. The SMILES string of the molecule is CC(OCn1cc(NCc2ccccc2)c(=O)[nH]c1=O)c1ccccc1. The zero-order valence-corrected chi connectivity index (χ0v) is 14.5. The molecule has 0 aliphatic rings. The first-order valence-electron chi connectivity index (χ1n) is 8.41. The highest BCUT2D eigenvalue weighted by atomic mass is 16.5. The van der Waals surface area contributed by atoms with Gasteiger partial charge in [0.25, 0.3) is 5.56 Å². The molecule has 3 rings (SSSR count). The van der Waals surface area contributed by atoms with Crippen LogP contribution in [0.15, 0.2) is 76.4 Å². The summed E-state index contributed by atoms with van der Waals surface area (Å²) in [7, 11) is 0. The third-order valence-corrected chi connectivity index (χ3v) is 4.07. The summed E-state index contributed by atoms with van der Waals surface area (Å²) in [6.45, 7) is 2.45. The highest BCUT2D eigenvalue weighted by molar-refractivity contribution is 5.38. The van der Waals surface area contributed by atoms with E-state index in [1.807, 2.05) is 67.6 Å². The summed E-state index contributed by atoms with van der Waals surface area (Å²) in [6.07, 6.45) is 1.32. The van der Waals surface area contributed by atoms with Gasteiger partial charge >= 0.3 is 5.69 Å². The second kappa shape index (κ2) is 8.31. The molecule has 0 spiro atoms. The van der Waals surface area contributed by atoms with Gasteiger partial charge in [-0.15, -0.1) is 0 Å². The minimum Gasteiger partial charge on any atom is -0.375 e. The normalized spacial score (nSPS) is 11.9. The van der Waals surface area contributed by atoms with E-state index < -0.39 is 11.2 Å². The quantitative estimate of drug-likeness (QED) is 0.686. The smallest absolute Gasteiger partial charge is 0.330 e. The minimum absolute atomic E-state index is 0.0473. The molecular weight excluding hydrogens is 330 g/mol. The summed E-state index contributed by atoms with van der Waals surface area (Å²) in [6, 6.07) is 19.5. The molecule has 2 N–H and O–H groups in total. The number of aromatic amines is 1. The van der Waals surface area contributed by atoms with E-state index in [4.69, 9.17) is 4.74 Å². The lowest BCUT2D eigenvalue weighted by atomic mass is 10.1. The van der Waals surface area contributed by atoms with Crippen LogP contribution in [0.5, 0.6) is 0 Å². The zero-order chi connectivity index (χ0) is 18.4. The molecule has 0 bridgehead atoms. The van der Waals surface area contributed by atoms with Crippen LogP contribution in [0.1, 0.15) is 24.2 Å². The van der Waals surface area contributed by atoms with Crippen LogP contribution in [0.2, 0.25) is 0 Å². The molecule has 2 aromatic carbocycles. The number of ether oxygens (including phenoxy) is 1. The van der Waals surface area contributed by atoms with E-state index in [1.165, 1.54) is 10.8 Å². The van der Waals surface area contributed by atoms with Crippen LogP contribution in [-0.2, 0) is 18.0 Å². The zero-order valence-electron chi connectivity index (χ0n) is 14.5. The Bertz CT molecular complexity index is 949. The average Bonchev–Trinajstić information content (AvgIpc) is 2.68. The number of nitrogens with one attached hydrogen (secondary N) is 2. The van der Waals surface area contributed by atoms with Crippen LogP contribution < -0.4 is 16.6 Å². The monoisotopic (exact) mass is 351 g/mol. The van der Waals surface area contributed by atoms with Gasteiger partial charge in [0.15, 0.2) is 0 Å². The maximum atomic E-state index is 12.0. The average molecular weight is 351 g/mol. The van der Waals surface area contributed by atoms with Crippen LogP contribution in [0.3, 0.4) is 0 Å². The Hall–Kier alpha value is -3.12. The molecule has 26 heavy (non-hydrogen) atoms. The Morgan fingerprint density at radius 2 is 1.69 bits per heavy atom. The molecule has 0 amide bonds. The summed E-state index contributed by atoms with van der Waals surface area (Å²) in [5, 5.41) is 3.06. The topological polar surface area (TPSA) is 76.1 Å². The number of hydrogen-bond donors (Lipinski definition) is 2. The Morgan fingerprint density at radius 1 is 1.04 bits per heavy atom. The number of H-pyrrole nitrogens is 1. The summed E-state index contributed by atoms with van der Waals surface area (Å²) in [5.41, 5.74) is 1.44. The van der Waals surface area contributed by atoms with E-state index in [1.54, 1.807) is 0 Å². The van der Waals surface area contributed by atoms with Crippen molar-refractivity contribution < 1.29 is 4.74 Å². The van der Waals surface area contributed by atoms with Crippen molar-refractivity contribution in [3.8, 4) is 0 Å². The molecule has 3 aromatic rings. The predicted molar refractivity (Wildman–Crippen MR) is 101 cm³/mol. The molecular formula is C20H21N3O3. The molecule has 1 heterocycles. The van der Waals surface area contributed by atoms with Gasteiger partial charge in [0.05, 0.1) is 6.10 Å². The molecule has 0 radical (unpaired) electrons. The maximum absolute atomic E-state index is 12.0. The minimum atomic E-state index is -0.500. The Labute approximate surface area is 151 Å². The van der Waals surface area contributed by atoms with E-state index in [0.29, 0.717) is 12.2 Å². The maximum Gasteiger partial charge on any atom is 0.330 e. The van der Waals surface area contributed by atoms with Gasteiger partial charge in [0, 0.05) is 12.7 Å². The number of hydrogen-bond acceptors (Lipinski definition) is 4. The van der Waals surface area contributed by atoms with Crippen molar-refractivity contribution in [2.75, 3.05) is 5.32 Å². The van der Waals surface area contributed by atoms with Crippen molar-refractivity contribution in [1.82, 2.24) is 9.55 Å². The number of benzene rings is 2. The highest BCUT2D eigenvalue weighted by Gasteiger charge is 2.08. The number of rotatable bonds is 7. The lowest BCUT2D eigenvalue weighted by molar-refractivity contribution is 0.0142. The second-order valence-corrected chi connectivity index (χ2v) is 5.96. The summed E-state index contributed by atoms with van der Waals surface area (Å²) >= 11 is 0. The lowest BCUT2D eigenvalue weighted by Crippen LogP contribution is -2.32. The van der Waals surface area contributed by atoms with Crippen molar-refractivity contribution in [1.29, 1.82) is 0 Å². The first-order chi connectivity index (χ1) is 12.6. The number of anilines is 1. The fourth-order valence-electron chi connectivity index (χ4n) is 2.54. The first-order valence-corrected chi connectivity index (χ1v) is 8.41. The molecule has 1 unspecified atom stereocenters. The molecule has 0 saturated heterocycles. The molecule has 6 nitrogen and oxygen atoms in total. The molecule has 1 aromatic heterocycles. The van der Waals surface area contributed by atoms with Crippen LogP contribution in [0, 0.1) is 0 Å². The largest absolute Gasteiger partial charge is 0.375 e. The summed E-state index contributed by atoms with van der Waals surface area (Å²) in [5.74, 6) is 0. The molecule has 134 valence electrons. The van der Waals surface area contributed by atoms with Gasteiger partial charge in [-0.25, -0.2) is 4.79 Å². The Morgan fingerprint density at radius 3 is 2.38 bits per heavy atom. The fourth-order valence-corrected chi connectivity index (χ4v) is 2.54. The molecule has 0 fully saturated rings. The van der Waals surface area contributed by atoms with Crippen molar-refractivity contribution in [3.63, 3.8) is 0 Å². The van der Waals surface area contributed by atoms with E-state index in [9.17, 15) is 9.59 Å². The van der Waals surface area contributed by atoms with Crippen molar-refractivity contribution >= 4 is 5.69 Å². The van der Waals surface area contributed by atoms with Gasteiger partial charge in [-0.1, -0.05) is 60.7 Å². The van der Waals surface area contributed by atoms with Crippen LogP contribution in [-0.4, -0.2) is 9.55 Å². The van der Waals surface area contributed by atoms with Gasteiger partial charge in [0.2, 0.25) is 0 Å². The Kier molecular flexibility index (Phi) is 5.66. The standard InChI is InChI=1S/C20H21N3O3/c1-15(17-10-6-3-7-11-17)26-14-23-13-18(19(24)22-20(23)25)21-12-16-8-4-2-5-9-16/h2-11,13,15,21H,12,14H2,1H3,(H,22,24,25). The molecule has 0 aliphatic heterocycles. The predicted octanol–water partition coefficient (Wildman–Crippen LogP) is 2.88. The summed E-state index contributed by atoms with van der Waals surface area (Å²) in [4.78, 5) is 26.3. The van der Waals surface area contributed by atoms with Gasteiger partial charge in [0.1, 0.15) is 12.4 Å². The molecule has 0 aliphatic carbocycles. The van der Waals surface area contributed by atoms with Crippen molar-refractivity contribution in [3.05, 3.63) is 98.8 Å². The fraction of sp³-hybridized carbons (Fsp3) is 0.200. The van der Waals surface area contributed by atoms with Crippen molar-refractivity contribution in [2.24, 2.45) is 0 Å². The highest BCUT2D eigenvalue weighted by Crippen LogP contribution is 2.16. The van der Waals surface area contributed by atoms with Crippen LogP contribution >= 0.6 is 0 Å². The first kappa shape index (κ1) is 17.7. The molecule has 6 heteroatoms. The Balaban J connectivity index is 1.69. The molecule has 1 atom stereocenters. The van der Waals surface area contributed by atoms with Crippen molar-refractivity contribution in [2.45, 2.75) is 26.3 Å². The van der Waals surface area contributed by atoms with Crippen LogP contribution in [0.4, 0.5) is 5.69 Å². The van der Waals surface area contributed by atoms with E-state index in [2.05, 4.69) is 10.3 Å². The van der Waals surface area contributed by atoms with Gasteiger partial charge < -0.3 is 10.1 Å². The lowest BCUT2D eigenvalue weighted by Gasteiger charge is -2.15.